The van der Waals surface area contributed by atoms with Crippen LogP contribution >= 0.6 is 0 Å². The Kier molecular flexibility index (Phi) is 4.72. The second-order valence-corrected chi connectivity index (χ2v) is 5.98. The highest BCUT2D eigenvalue weighted by atomic mass is 16.6. The summed E-state index contributed by atoms with van der Waals surface area (Å²) in [5, 5.41) is 27.6. The molecule has 1 heterocycles. The van der Waals surface area contributed by atoms with Crippen LogP contribution in [0.3, 0.4) is 0 Å². The molecule has 0 aromatic carbocycles. The predicted molar refractivity (Wildman–Crippen MR) is 74.3 cm³/mol. The van der Waals surface area contributed by atoms with E-state index in [0.29, 0.717) is 12.0 Å². The summed E-state index contributed by atoms with van der Waals surface area (Å²) in [4.78, 5) is 10.0. The largest absolute Gasteiger partial charge is 0.390 e. The van der Waals surface area contributed by atoms with E-state index in [-0.39, 0.29) is 12.2 Å². The number of aromatic nitrogens is 2. The van der Waals surface area contributed by atoms with Crippen molar-refractivity contribution in [2.24, 2.45) is 5.41 Å². The van der Waals surface area contributed by atoms with E-state index in [4.69, 9.17) is 0 Å². The van der Waals surface area contributed by atoms with Gasteiger partial charge in [-0.05, 0) is 18.3 Å². The van der Waals surface area contributed by atoms with Crippen LogP contribution in [0.5, 0.6) is 0 Å². The van der Waals surface area contributed by atoms with E-state index >= 15 is 0 Å². The van der Waals surface area contributed by atoms with Crippen LogP contribution in [0.15, 0.2) is 12.4 Å². The van der Waals surface area contributed by atoms with Crippen molar-refractivity contribution in [3.8, 4) is 0 Å². The molecule has 1 saturated carbocycles. The van der Waals surface area contributed by atoms with Crippen molar-refractivity contribution in [2.75, 3.05) is 13.1 Å². The third kappa shape index (κ3) is 4.01. The second kappa shape index (κ2) is 6.32. The third-order valence-electron chi connectivity index (χ3n) is 3.97. The molecule has 1 aliphatic rings. The fourth-order valence-corrected chi connectivity index (χ4v) is 2.77. The van der Waals surface area contributed by atoms with Gasteiger partial charge in [0.25, 0.3) is 0 Å². The van der Waals surface area contributed by atoms with Gasteiger partial charge in [-0.25, -0.2) is 0 Å². The van der Waals surface area contributed by atoms with Crippen LogP contribution in [0.4, 0.5) is 5.69 Å². The minimum Gasteiger partial charge on any atom is -0.390 e. The molecule has 1 aromatic rings. The van der Waals surface area contributed by atoms with Crippen LogP contribution in [-0.2, 0) is 6.54 Å². The third-order valence-corrected chi connectivity index (χ3v) is 3.97. The number of rotatable bonds is 7. The molecule has 0 saturated heterocycles. The highest BCUT2D eigenvalue weighted by Crippen LogP contribution is 2.36. The Morgan fingerprint density at radius 1 is 1.60 bits per heavy atom. The first kappa shape index (κ1) is 14.9. The van der Waals surface area contributed by atoms with Crippen molar-refractivity contribution < 1.29 is 10.0 Å². The van der Waals surface area contributed by atoms with E-state index in [1.165, 1.54) is 42.8 Å². The summed E-state index contributed by atoms with van der Waals surface area (Å²) in [5.41, 5.74) is 0.299. The quantitative estimate of drug-likeness (QED) is 0.581. The fraction of sp³-hybridized carbons (Fsp3) is 0.769. The Morgan fingerprint density at radius 3 is 2.90 bits per heavy atom. The van der Waals surface area contributed by atoms with Gasteiger partial charge in [0.1, 0.15) is 12.4 Å². The summed E-state index contributed by atoms with van der Waals surface area (Å²) in [5.74, 6) is 0. The molecule has 1 aromatic heterocycles. The molecule has 7 heteroatoms. The van der Waals surface area contributed by atoms with Crippen molar-refractivity contribution in [3.05, 3.63) is 22.5 Å². The Morgan fingerprint density at radius 2 is 2.30 bits per heavy atom. The van der Waals surface area contributed by atoms with Crippen LogP contribution in [0, 0.1) is 15.5 Å². The maximum absolute atomic E-state index is 10.5. The van der Waals surface area contributed by atoms with Gasteiger partial charge in [0.2, 0.25) is 0 Å². The molecule has 1 fully saturated rings. The van der Waals surface area contributed by atoms with E-state index in [2.05, 4.69) is 17.3 Å². The molecule has 20 heavy (non-hydrogen) atoms. The zero-order valence-corrected chi connectivity index (χ0v) is 11.8. The first-order valence-corrected chi connectivity index (χ1v) is 7.04. The summed E-state index contributed by atoms with van der Waals surface area (Å²) in [6.45, 7) is 3.92. The number of hydrogen-bond acceptors (Lipinski definition) is 5. The summed E-state index contributed by atoms with van der Waals surface area (Å²) in [6.07, 6.45) is 6.99. The number of aliphatic hydroxyl groups excluding tert-OH is 1. The lowest BCUT2D eigenvalue weighted by atomic mass is 9.89. The van der Waals surface area contributed by atoms with Crippen LogP contribution in [0.1, 0.15) is 32.6 Å². The Balaban J connectivity index is 1.71. The zero-order valence-electron chi connectivity index (χ0n) is 11.8. The monoisotopic (exact) mass is 282 g/mol. The van der Waals surface area contributed by atoms with Crippen molar-refractivity contribution in [2.45, 2.75) is 45.3 Å². The van der Waals surface area contributed by atoms with Gasteiger partial charge in [-0.2, -0.15) is 5.10 Å². The Labute approximate surface area is 118 Å². The lowest BCUT2D eigenvalue weighted by molar-refractivity contribution is -0.385. The molecule has 0 bridgehead atoms. The van der Waals surface area contributed by atoms with Crippen molar-refractivity contribution in [3.63, 3.8) is 0 Å². The van der Waals surface area contributed by atoms with Gasteiger partial charge in [0, 0.05) is 13.1 Å². The highest BCUT2D eigenvalue weighted by molar-refractivity contribution is 5.20. The molecule has 112 valence electrons. The lowest BCUT2D eigenvalue weighted by Gasteiger charge is -2.24. The van der Waals surface area contributed by atoms with Crippen LogP contribution in [0.25, 0.3) is 0 Å². The topological polar surface area (TPSA) is 93.2 Å². The average Bonchev–Trinajstić information content (AvgIpc) is 2.99. The fourth-order valence-electron chi connectivity index (χ4n) is 2.77. The normalized spacial score (nSPS) is 19.1. The van der Waals surface area contributed by atoms with Crippen LogP contribution in [-0.4, -0.2) is 39.0 Å². The number of nitrogens with one attached hydrogen (secondary N) is 1. The maximum atomic E-state index is 10.5. The molecule has 0 amide bonds. The number of nitrogens with zero attached hydrogens (tertiary/aromatic N) is 3. The molecule has 0 aliphatic heterocycles. The zero-order chi connectivity index (χ0) is 14.6. The van der Waals surface area contributed by atoms with E-state index in [0.717, 1.165) is 6.54 Å². The number of nitro groups is 1. The molecule has 0 spiro atoms. The molecule has 2 rings (SSSR count). The van der Waals surface area contributed by atoms with Gasteiger partial charge in [0.05, 0.1) is 17.6 Å². The summed E-state index contributed by atoms with van der Waals surface area (Å²) in [7, 11) is 0. The van der Waals surface area contributed by atoms with Crippen LogP contribution < -0.4 is 5.32 Å². The van der Waals surface area contributed by atoms with E-state index in [1.807, 2.05) is 0 Å². The predicted octanol–water partition coefficient (Wildman–Crippen LogP) is 1.32. The molecule has 0 radical (unpaired) electrons. The van der Waals surface area contributed by atoms with Crippen LogP contribution in [0.2, 0.25) is 0 Å². The molecular formula is C13H22N4O3. The minimum atomic E-state index is -0.598. The van der Waals surface area contributed by atoms with Crippen molar-refractivity contribution in [1.82, 2.24) is 15.1 Å². The van der Waals surface area contributed by atoms with E-state index in [9.17, 15) is 15.2 Å². The van der Waals surface area contributed by atoms with Gasteiger partial charge in [0.15, 0.2) is 0 Å². The molecule has 1 aliphatic carbocycles. The Bertz CT molecular complexity index is 454. The summed E-state index contributed by atoms with van der Waals surface area (Å²) in [6, 6.07) is 0. The molecule has 1 atom stereocenters. The first-order chi connectivity index (χ1) is 9.48. The van der Waals surface area contributed by atoms with Crippen molar-refractivity contribution >= 4 is 5.69 Å². The molecule has 7 nitrogen and oxygen atoms in total. The highest BCUT2D eigenvalue weighted by Gasteiger charge is 2.28. The number of aliphatic hydroxyl groups is 1. The van der Waals surface area contributed by atoms with Gasteiger partial charge in [-0.1, -0.05) is 19.8 Å². The second-order valence-electron chi connectivity index (χ2n) is 5.98. The minimum absolute atomic E-state index is 0.0522. The van der Waals surface area contributed by atoms with Crippen molar-refractivity contribution in [1.29, 1.82) is 0 Å². The Hall–Kier alpha value is -1.47. The van der Waals surface area contributed by atoms with Gasteiger partial charge in [-0.15, -0.1) is 0 Å². The van der Waals surface area contributed by atoms with E-state index in [1.54, 1.807) is 0 Å². The average molecular weight is 282 g/mol. The summed E-state index contributed by atoms with van der Waals surface area (Å²) < 4.78 is 1.40. The SMILES string of the molecule is CC1(CNCC(O)Cn2cc([N+](=O)[O-])cn2)CCCC1. The van der Waals surface area contributed by atoms with E-state index < -0.39 is 11.0 Å². The van der Waals surface area contributed by atoms with Gasteiger partial charge >= 0.3 is 5.69 Å². The number of hydrogen-bond donors (Lipinski definition) is 2. The van der Waals surface area contributed by atoms with Gasteiger partial charge in [-0.3, -0.25) is 14.8 Å². The van der Waals surface area contributed by atoms with Gasteiger partial charge < -0.3 is 10.4 Å². The lowest BCUT2D eigenvalue weighted by Crippen LogP contribution is -2.36. The maximum Gasteiger partial charge on any atom is 0.306 e. The standard InChI is InChI=1S/C13H22N4O3/c1-13(4-2-3-5-13)10-14-7-12(18)9-16-8-11(6-15-16)17(19)20/h6,8,12,14,18H,2-5,7,9-10H2,1H3. The molecule has 1 unspecified atom stereocenters. The summed E-state index contributed by atoms with van der Waals surface area (Å²) >= 11 is 0. The molecular weight excluding hydrogens is 260 g/mol. The molecule has 2 N–H and O–H groups in total. The first-order valence-electron chi connectivity index (χ1n) is 7.04. The smallest absolute Gasteiger partial charge is 0.306 e.